The molecule has 0 bridgehead atoms. The fourth-order valence-corrected chi connectivity index (χ4v) is 2.26. The molecule has 1 N–H and O–H groups in total. The molecule has 0 saturated heterocycles. The van der Waals surface area contributed by atoms with Crippen molar-refractivity contribution in [2.75, 3.05) is 0 Å². The van der Waals surface area contributed by atoms with Gasteiger partial charge in [-0.3, -0.25) is 4.79 Å². The van der Waals surface area contributed by atoms with Crippen LogP contribution in [0.25, 0.3) is 10.9 Å². The Morgan fingerprint density at radius 3 is 3.12 bits per heavy atom. The van der Waals surface area contributed by atoms with E-state index < -0.39 is 6.36 Å². The highest BCUT2D eigenvalue weighted by molar-refractivity contribution is 6.17. The van der Waals surface area contributed by atoms with Crippen LogP contribution >= 0.6 is 11.6 Å². The van der Waals surface area contributed by atoms with Gasteiger partial charge in [-0.05, 0) is 17.7 Å². The maximum atomic E-state index is 13.2. The van der Waals surface area contributed by atoms with E-state index in [0.29, 0.717) is 28.1 Å². The number of nitrogens with one attached hydrogen (secondary N) is 1. The lowest BCUT2D eigenvalue weighted by Gasteiger charge is -2.06. The van der Waals surface area contributed by atoms with Crippen molar-refractivity contribution in [3.8, 4) is 5.75 Å². The van der Waals surface area contributed by atoms with Crippen LogP contribution in [-0.4, -0.2) is 11.3 Å². The molecule has 1 aliphatic heterocycles. The summed E-state index contributed by atoms with van der Waals surface area (Å²) in [6.07, 6.45) is -1.41. The Balaban J connectivity index is 2.33. The predicted molar refractivity (Wildman–Crippen MR) is 63.4 cm³/mol. The summed E-state index contributed by atoms with van der Waals surface area (Å²) >= 11 is 5.72. The van der Waals surface area contributed by atoms with Crippen LogP contribution in [0.1, 0.15) is 11.1 Å². The molecule has 0 radical (unpaired) electrons. The van der Waals surface area contributed by atoms with Gasteiger partial charge >= 0.3 is 0 Å². The van der Waals surface area contributed by atoms with Gasteiger partial charge in [0.15, 0.2) is 0 Å². The van der Waals surface area contributed by atoms with Crippen LogP contribution in [-0.2, 0) is 12.3 Å². The highest BCUT2D eigenvalue weighted by atomic mass is 35.5. The van der Waals surface area contributed by atoms with Crippen LogP contribution in [0.4, 0.5) is 4.39 Å². The fraction of sp³-hybridized carbons (Fsp3) is 0.250. The van der Waals surface area contributed by atoms with Crippen molar-refractivity contribution in [2.24, 2.45) is 0 Å². The number of benzene rings is 1. The van der Waals surface area contributed by atoms with E-state index in [1.54, 1.807) is 12.1 Å². The molecule has 1 atom stereocenters. The molecule has 2 aromatic rings. The number of hydrogen-bond acceptors (Lipinski definition) is 2. The average molecular weight is 254 g/mol. The predicted octanol–water partition coefficient (Wildman–Crippen LogP) is 2.50. The van der Waals surface area contributed by atoms with Crippen molar-refractivity contribution in [1.29, 1.82) is 0 Å². The largest absolute Gasteiger partial charge is 0.459 e. The number of aromatic amines is 1. The van der Waals surface area contributed by atoms with E-state index in [0.717, 1.165) is 5.56 Å². The summed E-state index contributed by atoms with van der Waals surface area (Å²) in [5.74, 6) is 0.721. The zero-order chi connectivity index (χ0) is 12.0. The van der Waals surface area contributed by atoms with Crippen LogP contribution in [0.2, 0.25) is 0 Å². The third-order valence-corrected chi connectivity index (χ3v) is 3.20. The molecular weight excluding hydrogens is 245 g/mol. The molecule has 3 rings (SSSR count). The Hall–Kier alpha value is -1.55. The van der Waals surface area contributed by atoms with Gasteiger partial charge in [0, 0.05) is 17.7 Å². The first-order chi connectivity index (χ1) is 8.19. The lowest BCUT2D eigenvalue weighted by atomic mass is 10.1. The SMILES string of the molecule is O=c1[nH]c2cc(CCl)ccc2c2c1CC(F)O2. The minimum Gasteiger partial charge on any atom is -0.459 e. The van der Waals surface area contributed by atoms with Crippen molar-refractivity contribution < 1.29 is 9.13 Å². The first-order valence-corrected chi connectivity index (χ1v) is 5.77. The average Bonchev–Trinajstić information content (AvgIpc) is 2.71. The molecular formula is C12H9ClFNO2. The number of H-pyrrole nitrogens is 1. The van der Waals surface area contributed by atoms with E-state index in [9.17, 15) is 9.18 Å². The zero-order valence-electron chi connectivity index (χ0n) is 8.80. The van der Waals surface area contributed by atoms with Crippen molar-refractivity contribution >= 4 is 22.5 Å². The minimum atomic E-state index is -1.43. The Kier molecular flexibility index (Phi) is 2.33. The number of aromatic nitrogens is 1. The van der Waals surface area contributed by atoms with Crippen LogP contribution in [0.15, 0.2) is 23.0 Å². The number of ether oxygens (including phenoxy) is 1. The van der Waals surface area contributed by atoms with E-state index >= 15 is 0 Å². The second-order valence-corrected chi connectivity index (χ2v) is 4.27. The molecule has 17 heavy (non-hydrogen) atoms. The number of fused-ring (bicyclic) bond motifs is 3. The highest BCUT2D eigenvalue weighted by Gasteiger charge is 2.27. The van der Waals surface area contributed by atoms with Gasteiger partial charge in [0.1, 0.15) is 5.75 Å². The molecule has 0 amide bonds. The van der Waals surface area contributed by atoms with E-state index in [1.807, 2.05) is 6.07 Å². The first-order valence-electron chi connectivity index (χ1n) is 5.23. The molecule has 2 heterocycles. The second-order valence-electron chi connectivity index (χ2n) is 4.01. The van der Waals surface area contributed by atoms with E-state index in [2.05, 4.69) is 4.98 Å². The smallest absolute Gasteiger partial charge is 0.255 e. The summed E-state index contributed by atoms with van der Waals surface area (Å²) in [6, 6.07) is 5.40. The second kappa shape index (κ2) is 3.74. The monoisotopic (exact) mass is 253 g/mol. The quantitative estimate of drug-likeness (QED) is 0.794. The molecule has 0 saturated carbocycles. The number of hydrogen-bond donors (Lipinski definition) is 1. The zero-order valence-corrected chi connectivity index (χ0v) is 9.55. The van der Waals surface area contributed by atoms with Crippen molar-refractivity contribution in [1.82, 2.24) is 4.98 Å². The van der Waals surface area contributed by atoms with Crippen LogP contribution < -0.4 is 10.3 Å². The number of pyridine rings is 1. The third kappa shape index (κ3) is 1.60. The fourth-order valence-electron chi connectivity index (χ4n) is 2.09. The molecule has 0 fully saturated rings. The number of halogens is 2. The van der Waals surface area contributed by atoms with Gasteiger partial charge in [-0.25, -0.2) is 4.39 Å². The summed E-state index contributed by atoms with van der Waals surface area (Å²) in [7, 11) is 0. The molecule has 88 valence electrons. The van der Waals surface area contributed by atoms with E-state index in [-0.39, 0.29) is 12.0 Å². The Morgan fingerprint density at radius 1 is 1.53 bits per heavy atom. The molecule has 0 aliphatic carbocycles. The van der Waals surface area contributed by atoms with E-state index in [4.69, 9.17) is 16.3 Å². The lowest BCUT2D eigenvalue weighted by Crippen LogP contribution is -2.11. The van der Waals surface area contributed by atoms with Crippen molar-refractivity contribution in [2.45, 2.75) is 18.7 Å². The Bertz CT molecular complexity index is 653. The summed E-state index contributed by atoms with van der Waals surface area (Å²) in [5.41, 5.74) is 1.61. The van der Waals surface area contributed by atoms with Gasteiger partial charge in [-0.1, -0.05) is 6.07 Å². The lowest BCUT2D eigenvalue weighted by molar-refractivity contribution is 0.0924. The van der Waals surface area contributed by atoms with Gasteiger partial charge in [0.05, 0.1) is 11.1 Å². The molecule has 1 aromatic carbocycles. The normalized spacial score (nSPS) is 18.1. The molecule has 5 heteroatoms. The number of rotatable bonds is 1. The molecule has 3 nitrogen and oxygen atoms in total. The summed E-state index contributed by atoms with van der Waals surface area (Å²) in [6.45, 7) is 0. The van der Waals surface area contributed by atoms with E-state index in [1.165, 1.54) is 0 Å². The van der Waals surface area contributed by atoms with Gasteiger partial charge in [0.2, 0.25) is 6.36 Å². The summed E-state index contributed by atoms with van der Waals surface area (Å²) < 4.78 is 18.2. The minimum absolute atomic E-state index is 0.0118. The summed E-state index contributed by atoms with van der Waals surface area (Å²) in [5, 5.41) is 0.716. The van der Waals surface area contributed by atoms with Crippen LogP contribution in [0.5, 0.6) is 5.75 Å². The first kappa shape index (κ1) is 10.6. The van der Waals surface area contributed by atoms with Gasteiger partial charge in [0.25, 0.3) is 5.56 Å². The maximum absolute atomic E-state index is 13.2. The number of alkyl halides is 2. The van der Waals surface area contributed by atoms with Gasteiger partial charge < -0.3 is 9.72 Å². The van der Waals surface area contributed by atoms with Crippen molar-refractivity contribution in [3.63, 3.8) is 0 Å². The van der Waals surface area contributed by atoms with Crippen molar-refractivity contribution in [3.05, 3.63) is 39.7 Å². The molecule has 1 unspecified atom stereocenters. The van der Waals surface area contributed by atoms with Gasteiger partial charge in [-0.15, -0.1) is 11.6 Å². The highest BCUT2D eigenvalue weighted by Crippen LogP contribution is 2.33. The maximum Gasteiger partial charge on any atom is 0.255 e. The molecule has 1 aliphatic rings. The molecule has 0 spiro atoms. The Labute approximate surface area is 101 Å². The van der Waals surface area contributed by atoms with Crippen LogP contribution in [0.3, 0.4) is 0 Å². The summed E-state index contributed by atoms with van der Waals surface area (Å²) in [4.78, 5) is 14.5. The topological polar surface area (TPSA) is 42.1 Å². The third-order valence-electron chi connectivity index (χ3n) is 2.89. The van der Waals surface area contributed by atoms with Gasteiger partial charge in [-0.2, -0.15) is 0 Å². The standard InChI is InChI=1S/C12H9ClFNO2/c13-5-6-1-2-7-9(3-6)15-12(16)8-4-10(14)17-11(7)8/h1-3,10H,4-5H2,(H,15,16). The Morgan fingerprint density at radius 2 is 2.35 bits per heavy atom. The molecule has 1 aromatic heterocycles. The van der Waals surface area contributed by atoms with Crippen LogP contribution in [0, 0.1) is 0 Å².